The first-order valence-electron chi connectivity index (χ1n) is 4.41. The Morgan fingerprint density at radius 1 is 1.35 bits per heavy atom. The number of hydrogen-bond donors (Lipinski definition) is 1. The minimum absolute atomic E-state index is 0. The molecule has 7 heteroatoms. The number of benzene rings is 1. The zero-order valence-electron chi connectivity index (χ0n) is 9.23. The van der Waals surface area contributed by atoms with Gasteiger partial charge >= 0.3 is 51.4 Å². The molecule has 1 amide bonds. The monoisotopic (exact) mass is 297 g/mol. The number of carbonyl (C=O) groups excluding carboxylic acids is 2. The minimum atomic E-state index is -1.18. The molecule has 0 saturated heterocycles. The summed E-state index contributed by atoms with van der Waals surface area (Å²) in [6.45, 7) is 0. The van der Waals surface area contributed by atoms with Gasteiger partial charge in [0.1, 0.15) is 0 Å². The van der Waals surface area contributed by atoms with E-state index in [9.17, 15) is 14.7 Å². The molecule has 17 heavy (non-hydrogen) atoms. The van der Waals surface area contributed by atoms with Crippen LogP contribution in [-0.4, -0.2) is 23.4 Å². The van der Waals surface area contributed by atoms with Crippen molar-refractivity contribution in [2.24, 2.45) is 0 Å². The van der Waals surface area contributed by atoms with Crippen LogP contribution in [0.1, 0.15) is 0 Å². The Hall–Kier alpha value is 0.436. The van der Waals surface area contributed by atoms with Crippen molar-refractivity contribution in [1.82, 2.24) is 0 Å². The summed E-state index contributed by atoms with van der Waals surface area (Å²) in [7, 11) is 0. The van der Waals surface area contributed by atoms with Gasteiger partial charge in [-0.15, -0.1) is 11.8 Å². The van der Waals surface area contributed by atoms with Crippen molar-refractivity contribution in [2.75, 3.05) is 16.8 Å². The average Bonchev–Trinajstić information content (AvgIpc) is 2.16. The molecule has 0 spiro atoms. The molecule has 0 saturated carbocycles. The van der Waals surface area contributed by atoms with Gasteiger partial charge in [0, 0.05) is 16.5 Å². The maximum Gasteiger partial charge on any atom is 1.00 e. The van der Waals surface area contributed by atoms with Crippen molar-refractivity contribution in [3.05, 3.63) is 29.3 Å². The topological polar surface area (TPSA) is 69.2 Å². The van der Waals surface area contributed by atoms with Gasteiger partial charge in [-0.1, -0.05) is 17.7 Å². The maximum atomic E-state index is 11.3. The molecule has 0 heterocycles. The third kappa shape index (κ3) is 8.20. The van der Waals surface area contributed by atoms with Gasteiger partial charge in [-0.3, -0.25) is 4.79 Å². The number of carboxylic acid groups (broad SMARTS) is 1. The van der Waals surface area contributed by atoms with Crippen LogP contribution in [0, 0.1) is 0 Å². The molecular formula is C10H9ClKNO3S. The van der Waals surface area contributed by atoms with E-state index in [-0.39, 0.29) is 68.8 Å². The summed E-state index contributed by atoms with van der Waals surface area (Å²) >= 11 is 6.72. The van der Waals surface area contributed by atoms with Gasteiger partial charge in [-0.25, -0.2) is 0 Å². The number of carbonyl (C=O) groups is 2. The number of thioether (sulfide) groups is 1. The molecule has 86 valence electrons. The number of aliphatic carboxylic acids is 1. The summed E-state index contributed by atoms with van der Waals surface area (Å²) in [4.78, 5) is 21.4. The first-order chi connectivity index (χ1) is 7.58. The fourth-order valence-electron chi connectivity index (χ4n) is 0.990. The van der Waals surface area contributed by atoms with Gasteiger partial charge in [0.25, 0.3) is 0 Å². The van der Waals surface area contributed by atoms with E-state index in [4.69, 9.17) is 11.6 Å². The van der Waals surface area contributed by atoms with E-state index in [1.165, 1.54) is 0 Å². The summed E-state index contributed by atoms with van der Waals surface area (Å²) in [5.74, 6) is -1.57. The van der Waals surface area contributed by atoms with Gasteiger partial charge < -0.3 is 15.2 Å². The summed E-state index contributed by atoms with van der Waals surface area (Å²) in [6.07, 6.45) is 0. The van der Waals surface area contributed by atoms with E-state index in [1.807, 2.05) is 0 Å². The second kappa shape index (κ2) is 9.38. The molecule has 0 radical (unpaired) electrons. The Labute approximate surface area is 151 Å². The quantitative estimate of drug-likeness (QED) is 0.625. The summed E-state index contributed by atoms with van der Waals surface area (Å²) in [5.41, 5.74) is 0.589. The van der Waals surface area contributed by atoms with Crippen molar-refractivity contribution in [3.8, 4) is 0 Å². The van der Waals surface area contributed by atoms with E-state index in [0.29, 0.717) is 10.7 Å². The molecule has 0 aromatic heterocycles. The molecule has 0 unspecified atom stereocenters. The summed E-state index contributed by atoms with van der Waals surface area (Å²) < 4.78 is 0. The number of halogens is 1. The van der Waals surface area contributed by atoms with Gasteiger partial charge in [0.05, 0.1) is 11.7 Å². The Balaban J connectivity index is 0.00000256. The Kier molecular flexibility index (Phi) is 9.62. The van der Waals surface area contributed by atoms with Gasteiger partial charge in [-0.05, 0) is 18.2 Å². The van der Waals surface area contributed by atoms with Crippen molar-refractivity contribution in [1.29, 1.82) is 0 Å². The number of rotatable bonds is 5. The molecule has 1 rings (SSSR count). The maximum absolute atomic E-state index is 11.3. The SMILES string of the molecule is O=C([O-])CSCC(=O)Nc1cccc(Cl)c1.[K+]. The van der Waals surface area contributed by atoms with Crippen LogP contribution in [0.3, 0.4) is 0 Å². The number of amides is 1. The molecule has 1 N–H and O–H groups in total. The molecule has 1 aromatic carbocycles. The van der Waals surface area contributed by atoms with Crippen molar-refractivity contribution in [2.45, 2.75) is 0 Å². The predicted octanol–water partition coefficient (Wildman–Crippen LogP) is -2.23. The van der Waals surface area contributed by atoms with Crippen LogP contribution in [0.15, 0.2) is 24.3 Å². The molecule has 0 aliphatic rings. The molecule has 0 bridgehead atoms. The standard InChI is InChI=1S/C10H10ClNO3S.K/c11-7-2-1-3-8(4-7)12-9(13)5-16-6-10(14)15;/h1-4H,5-6H2,(H,12,13)(H,14,15);/q;+1/p-1. The number of hydrogen-bond acceptors (Lipinski definition) is 4. The molecular weight excluding hydrogens is 289 g/mol. The number of anilines is 1. The fraction of sp³-hybridized carbons (Fsp3) is 0.200. The molecule has 0 fully saturated rings. The van der Waals surface area contributed by atoms with E-state index >= 15 is 0 Å². The average molecular weight is 298 g/mol. The molecule has 0 aliphatic carbocycles. The number of carboxylic acids is 1. The Morgan fingerprint density at radius 2 is 2.06 bits per heavy atom. The zero-order valence-corrected chi connectivity index (χ0v) is 13.9. The van der Waals surface area contributed by atoms with Crippen LogP contribution in [0.4, 0.5) is 5.69 Å². The molecule has 0 atom stereocenters. The zero-order chi connectivity index (χ0) is 12.0. The van der Waals surface area contributed by atoms with Crippen molar-refractivity contribution in [3.63, 3.8) is 0 Å². The fourth-order valence-corrected chi connectivity index (χ4v) is 1.71. The van der Waals surface area contributed by atoms with Crippen LogP contribution < -0.4 is 61.8 Å². The Bertz CT molecular complexity index is 403. The van der Waals surface area contributed by atoms with Crippen molar-refractivity contribution >= 4 is 40.9 Å². The minimum Gasteiger partial charge on any atom is -0.549 e. The third-order valence-corrected chi connectivity index (χ3v) is 2.70. The van der Waals surface area contributed by atoms with E-state index in [2.05, 4.69) is 5.32 Å². The Morgan fingerprint density at radius 3 is 2.65 bits per heavy atom. The predicted molar refractivity (Wildman–Crippen MR) is 62.4 cm³/mol. The first-order valence-corrected chi connectivity index (χ1v) is 5.94. The second-order valence-corrected chi connectivity index (χ2v) is 4.35. The third-order valence-electron chi connectivity index (χ3n) is 1.56. The molecule has 1 aromatic rings. The molecule has 4 nitrogen and oxygen atoms in total. The first kappa shape index (κ1) is 17.4. The largest absolute Gasteiger partial charge is 1.00 e. The summed E-state index contributed by atoms with van der Waals surface area (Å²) in [5, 5.41) is 13.2. The van der Waals surface area contributed by atoms with Gasteiger partial charge in [0.15, 0.2) is 0 Å². The molecule has 0 aliphatic heterocycles. The van der Waals surface area contributed by atoms with Crippen LogP contribution >= 0.6 is 23.4 Å². The van der Waals surface area contributed by atoms with E-state index in [0.717, 1.165) is 11.8 Å². The van der Waals surface area contributed by atoms with Crippen LogP contribution in [0.5, 0.6) is 0 Å². The van der Waals surface area contributed by atoms with Crippen LogP contribution in [0.25, 0.3) is 0 Å². The second-order valence-electron chi connectivity index (χ2n) is 2.92. The van der Waals surface area contributed by atoms with Gasteiger partial charge in [0.2, 0.25) is 5.91 Å². The van der Waals surface area contributed by atoms with Gasteiger partial charge in [-0.2, -0.15) is 0 Å². The number of nitrogens with one attached hydrogen (secondary N) is 1. The normalized spacial score (nSPS) is 9.24. The van der Waals surface area contributed by atoms with E-state index < -0.39 is 5.97 Å². The van der Waals surface area contributed by atoms with E-state index in [1.54, 1.807) is 24.3 Å². The smallest absolute Gasteiger partial charge is 0.549 e. The summed E-state index contributed by atoms with van der Waals surface area (Å²) in [6, 6.07) is 6.73. The van der Waals surface area contributed by atoms with Crippen molar-refractivity contribution < 1.29 is 66.1 Å². The van der Waals surface area contributed by atoms with Crippen LogP contribution in [-0.2, 0) is 9.59 Å². The van der Waals surface area contributed by atoms with Crippen LogP contribution in [0.2, 0.25) is 5.02 Å².